The van der Waals surface area contributed by atoms with E-state index in [9.17, 15) is 0 Å². The molecule has 108 valence electrons. The van der Waals surface area contributed by atoms with Crippen molar-refractivity contribution in [3.8, 4) is 0 Å². The van der Waals surface area contributed by atoms with E-state index >= 15 is 0 Å². The molecule has 1 saturated carbocycles. The molecule has 1 fully saturated rings. The van der Waals surface area contributed by atoms with Crippen molar-refractivity contribution in [1.29, 1.82) is 0 Å². The maximum atomic E-state index is 5.07. The van der Waals surface area contributed by atoms with Crippen LogP contribution >= 0.6 is 0 Å². The molecule has 19 heavy (non-hydrogen) atoms. The van der Waals surface area contributed by atoms with Gasteiger partial charge < -0.3 is 10.1 Å². The van der Waals surface area contributed by atoms with Crippen LogP contribution in [0, 0.1) is 11.8 Å². The highest BCUT2D eigenvalue weighted by Crippen LogP contribution is 2.36. The van der Waals surface area contributed by atoms with Gasteiger partial charge in [-0.2, -0.15) is 5.10 Å². The zero-order valence-corrected chi connectivity index (χ0v) is 12.4. The molecule has 0 saturated heterocycles. The van der Waals surface area contributed by atoms with Crippen LogP contribution in [0.2, 0.25) is 0 Å². The van der Waals surface area contributed by atoms with Gasteiger partial charge in [0.1, 0.15) is 0 Å². The van der Waals surface area contributed by atoms with Crippen LogP contribution in [0.5, 0.6) is 0 Å². The first kappa shape index (κ1) is 14.4. The molecular weight excluding hydrogens is 238 g/mol. The highest BCUT2D eigenvalue weighted by atomic mass is 16.5. The van der Waals surface area contributed by atoms with Crippen molar-refractivity contribution in [2.75, 3.05) is 19.0 Å². The fraction of sp³-hybridized carbons (Fsp3) is 0.800. The zero-order valence-electron chi connectivity index (χ0n) is 12.4. The van der Waals surface area contributed by atoms with Crippen molar-refractivity contribution in [3.63, 3.8) is 0 Å². The third-order valence-corrected chi connectivity index (χ3v) is 3.76. The Morgan fingerprint density at radius 1 is 1.42 bits per heavy atom. The summed E-state index contributed by atoms with van der Waals surface area (Å²) in [4.78, 5) is 0. The monoisotopic (exact) mass is 265 g/mol. The van der Waals surface area contributed by atoms with Gasteiger partial charge in [0.05, 0.1) is 25.0 Å². The Kier molecular flexibility index (Phi) is 5.25. The third kappa shape index (κ3) is 4.86. The number of ether oxygens (including phenoxy) is 1. The number of anilines is 1. The molecule has 0 unspecified atom stereocenters. The number of nitrogens with one attached hydrogen (secondary N) is 1. The number of nitrogens with zero attached hydrogens (tertiary/aromatic N) is 2. The molecule has 0 radical (unpaired) electrons. The number of rotatable bonds is 9. The molecule has 4 heteroatoms. The Morgan fingerprint density at radius 3 is 2.84 bits per heavy atom. The van der Waals surface area contributed by atoms with E-state index in [1.165, 1.54) is 25.7 Å². The quantitative estimate of drug-likeness (QED) is 0.745. The first-order valence-corrected chi connectivity index (χ1v) is 7.47. The molecule has 1 aromatic heterocycles. The van der Waals surface area contributed by atoms with Crippen molar-refractivity contribution >= 4 is 5.69 Å². The Balaban J connectivity index is 1.84. The minimum atomic E-state index is 0.627. The molecule has 0 amide bonds. The Labute approximate surface area is 116 Å². The van der Waals surface area contributed by atoms with Crippen LogP contribution in [0.25, 0.3) is 0 Å². The van der Waals surface area contributed by atoms with Crippen molar-refractivity contribution in [2.45, 2.75) is 52.1 Å². The molecule has 0 spiro atoms. The minimum Gasteiger partial charge on any atom is -0.383 e. The zero-order chi connectivity index (χ0) is 13.7. The third-order valence-electron chi connectivity index (χ3n) is 3.76. The van der Waals surface area contributed by atoms with E-state index in [0.29, 0.717) is 12.6 Å². The van der Waals surface area contributed by atoms with Gasteiger partial charge in [-0.1, -0.05) is 13.8 Å². The predicted molar refractivity (Wildman–Crippen MR) is 78.3 cm³/mol. The summed E-state index contributed by atoms with van der Waals surface area (Å²) in [6.07, 6.45) is 9.35. The highest BCUT2D eigenvalue weighted by Gasteiger charge is 2.31. The van der Waals surface area contributed by atoms with E-state index in [1.807, 2.05) is 10.9 Å². The lowest BCUT2D eigenvalue weighted by atomic mass is 10.0. The van der Waals surface area contributed by atoms with Crippen LogP contribution in [0.1, 0.15) is 39.5 Å². The summed E-state index contributed by atoms with van der Waals surface area (Å²) in [5, 5.41) is 8.02. The molecule has 0 aliphatic heterocycles. The molecule has 1 heterocycles. The first-order valence-electron chi connectivity index (χ1n) is 7.47. The maximum Gasteiger partial charge on any atom is 0.0728 e. The van der Waals surface area contributed by atoms with E-state index < -0.39 is 0 Å². The number of aromatic nitrogens is 2. The molecule has 0 aromatic carbocycles. The molecule has 2 rings (SSSR count). The van der Waals surface area contributed by atoms with Crippen LogP contribution in [0.15, 0.2) is 12.4 Å². The molecule has 0 bridgehead atoms. The van der Waals surface area contributed by atoms with Crippen molar-refractivity contribution in [1.82, 2.24) is 9.78 Å². The van der Waals surface area contributed by atoms with Gasteiger partial charge in [-0.05, 0) is 37.5 Å². The van der Waals surface area contributed by atoms with Crippen molar-refractivity contribution < 1.29 is 4.74 Å². The lowest BCUT2D eigenvalue weighted by Gasteiger charge is -2.19. The summed E-state index contributed by atoms with van der Waals surface area (Å²) in [5.41, 5.74) is 1.15. The molecule has 4 nitrogen and oxygen atoms in total. The van der Waals surface area contributed by atoms with Crippen LogP contribution in [0.4, 0.5) is 5.69 Å². The largest absolute Gasteiger partial charge is 0.383 e. The van der Waals surface area contributed by atoms with E-state index in [1.54, 1.807) is 7.11 Å². The Morgan fingerprint density at radius 2 is 2.21 bits per heavy atom. The van der Waals surface area contributed by atoms with Crippen LogP contribution in [0.3, 0.4) is 0 Å². The second-order valence-electron chi connectivity index (χ2n) is 6.04. The van der Waals surface area contributed by atoms with E-state index in [0.717, 1.165) is 24.1 Å². The molecule has 1 atom stereocenters. The topological polar surface area (TPSA) is 39.1 Å². The summed E-state index contributed by atoms with van der Waals surface area (Å²) in [7, 11) is 1.72. The van der Waals surface area contributed by atoms with Gasteiger partial charge >= 0.3 is 0 Å². The van der Waals surface area contributed by atoms with Crippen LogP contribution in [-0.4, -0.2) is 29.5 Å². The minimum absolute atomic E-state index is 0.627. The van der Waals surface area contributed by atoms with Crippen LogP contribution < -0.4 is 5.32 Å². The SMILES string of the molecule is COCCn1cc(N[C@@H](CCC(C)C)C2CC2)cn1. The molecule has 1 N–H and O–H groups in total. The van der Waals surface area contributed by atoms with Gasteiger partial charge in [0, 0.05) is 19.3 Å². The lowest BCUT2D eigenvalue weighted by Crippen LogP contribution is -2.22. The summed E-state index contributed by atoms with van der Waals surface area (Å²) in [6.45, 7) is 6.12. The standard InChI is InChI=1S/C15H27N3O/c1-12(2)4-7-15(13-5-6-13)17-14-10-16-18(11-14)8-9-19-3/h10-13,15,17H,4-9H2,1-3H3/t15-/m0/s1. The first-order chi connectivity index (χ1) is 9.19. The van der Waals surface area contributed by atoms with Crippen LogP contribution in [-0.2, 0) is 11.3 Å². The van der Waals surface area contributed by atoms with Gasteiger partial charge in [0.25, 0.3) is 0 Å². The lowest BCUT2D eigenvalue weighted by molar-refractivity contribution is 0.183. The molecule has 1 aliphatic rings. The summed E-state index contributed by atoms with van der Waals surface area (Å²) < 4.78 is 7.01. The Bertz CT molecular complexity index is 371. The summed E-state index contributed by atoms with van der Waals surface area (Å²) >= 11 is 0. The van der Waals surface area contributed by atoms with Gasteiger partial charge in [-0.3, -0.25) is 4.68 Å². The normalized spacial score (nSPS) is 16.8. The predicted octanol–water partition coefficient (Wildman–Crippen LogP) is 3.16. The van der Waals surface area contributed by atoms with Gasteiger partial charge in [0.15, 0.2) is 0 Å². The number of methoxy groups -OCH3 is 1. The number of hydrogen-bond donors (Lipinski definition) is 1. The van der Waals surface area contributed by atoms with Gasteiger partial charge in [-0.25, -0.2) is 0 Å². The fourth-order valence-electron chi connectivity index (χ4n) is 2.40. The number of hydrogen-bond acceptors (Lipinski definition) is 3. The molecule has 1 aromatic rings. The fourth-order valence-corrected chi connectivity index (χ4v) is 2.40. The van der Waals surface area contributed by atoms with Crippen molar-refractivity contribution in [2.24, 2.45) is 11.8 Å². The molecule has 1 aliphatic carbocycles. The van der Waals surface area contributed by atoms with E-state index in [-0.39, 0.29) is 0 Å². The Hall–Kier alpha value is -1.03. The average molecular weight is 265 g/mol. The second kappa shape index (κ2) is 6.94. The highest BCUT2D eigenvalue weighted by molar-refractivity contribution is 5.39. The summed E-state index contributed by atoms with van der Waals surface area (Å²) in [5.74, 6) is 1.66. The van der Waals surface area contributed by atoms with Crippen molar-refractivity contribution in [3.05, 3.63) is 12.4 Å². The van der Waals surface area contributed by atoms with E-state index in [2.05, 4.69) is 30.5 Å². The van der Waals surface area contributed by atoms with Gasteiger partial charge in [0.2, 0.25) is 0 Å². The summed E-state index contributed by atoms with van der Waals surface area (Å²) in [6, 6.07) is 0.627. The molecular formula is C15H27N3O. The van der Waals surface area contributed by atoms with Gasteiger partial charge in [-0.15, -0.1) is 0 Å². The average Bonchev–Trinajstić information content (AvgIpc) is 3.13. The second-order valence-corrected chi connectivity index (χ2v) is 6.04. The maximum absolute atomic E-state index is 5.07. The smallest absolute Gasteiger partial charge is 0.0728 e. The van der Waals surface area contributed by atoms with E-state index in [4.69, 9.17) is 4.74 Å².